The number of hydrogen-bond acceptors (Lipinski definition) is 2. The fourth-order valence-corrected chi connectivity index (χ4v) is 1.93. The highest BCUT2D eigenvalue weighted by molar-refractivity contribution is 5.76. The maximum absolute atomic E-state index is 11.7. The molecule has 0 radical (unpaired) electrons. The van der Waals surface area contributed by atoms with E-state index in [0.717, 1.165) is 25.8 Å². The van der Waals surface area contributed by atoms with Crippen molar-refractivity contribution >= 4 is 12.3 Å². The monoisotopic (exact) mass is 226 g/mol. The Morgan fingerprint density at radius 3 is 2.62 bits per heavy atom. The van der Waals surface area contributed by atoms with Crippen molar-refractivity contribution < 1.29 is 9.59 Å². The van der Waals surface area contributed by atoms with E-state index >= 15 is 0 Å². The van der Waals surface area contributed by atoms with Crippen LogP contribution in [0.3, 0.4) is 0 Å². The minimum atomic E-state index is -0.0291. The molecule has 1 aliphatic heterocycles. The molecule has 1 rings (SSSR count). The normalized spacial score (nSPS) is 19.4. The van der Waals surface area contributed by atoms with Crippen molar-refractivity contribution in [1.82, 2.24) is 10.2 Å². The average molecular weight is 226 g/mol. The van der Waals surface area contributed by atoms with Crippen LogP contribution in [-0.2, 0) is 9.59 Å². The lowest BCUT2D eigenvalue weighted by molar-refractivity contribution is -0.134. The topological polar surface area (TPSA) is 49.4 Å². The first-order chi connectivity index (χ1) is 7.45. The molecule has 0 saturated carbocycles. The van der Waals surface area contributed by atoms with Gasteiger partial charge in [0.05, 0.1) is 6.04 Å². The number of nitrogens with zero attached hydrogens (tertiary/aromatic N) is 1. The molecule has 1 aliphatic rings. The minimum absolute atomic E-state index is 0.0204. The summed E-state index contributed by atoms with van der Waals surface area (Å²) >= 11 is 0. The van der Waals surface area contributed by atoms with Crippen molar-refractivity contribution in [1.29, 1.82) is 0 Å². The summed E-state index contributed by atoms with van der Waals surface area (Å²) in [5, 5.41) is 2.82. The highest BCUT2D eigenvalue weighted by atomic mass is 16.2. The Bertz CT molecular complexity index is 258. The molecule has 2 amide bonds. The van der Waals surface area contributed by atoms with Crippen molar-refractivity contribution in [3.8, 4) is 0 Å². The average Bonchev–Trinajstić information content (AvgIpc) is 2.19. The molecule has 1 atom stereocenters. The summed E-state index contributed by atoms with van der Waals surface area (Å²) in [6, 6.07) is 0.0204. The Hall–Kier alpha value is -1.06. The van der Waals surface area contributed by atoms with Gasteiger partial charge in [-0.2, -0.15) is 0 Å². The van der Waals surface area contributed by atoms with Gasteiger partial charge in [-0.25, -0.2) is 0 Å². The molecule has 0 aliphatic carbocycles. The largest absolute Gasteiger partial charge is 0.354 e. The van der Waals surface area contributed by atoms with E-state index in [9.17, 15) is 9.59 Å². The Kier molecular flexibility index (Phi) is 4.33. The molecule has 16 heavy (non-hydrogen) atoms. The van der Waals surface area contributed by atoms with Gasteiger partial charge in [-0.05, 0) is 18.3 Å². The van der Waals surface area contributed by atoms with Crippen molar-refractivity contribution in [2.45, 2.75) is 46.1 Å². The van der Waals surface area contributed by atoms with Crippen LogP contribution in [0, 0.1) is 5.41 Å². The summed E-state index contributed by atoms with van der Waals surface area (Å²) in [5.41, 5.74) is -0.0291. The van der Waals surface area contributed by atoms with E-state index in [1.807, 2.05) is 4.90 Å². The molecule has 0 aromatic rings. The fraction of sp³-hybridized carbons (Fsp3) is 0.833. The zero-order valence-electron chi connectivity index (χ0n) is 10.5. The maximum atomic E-state index is 11.7. The molecule has 0 spiro atoms. The van der Waals surface area contributed by atoms with Crippen molar-refractivity contribution in [3.05, 3.63) is 0 Å². The van der Waals surface area contributed by atoms with E-state index in [2.05, 4.69) is 26.1 Å². The van der Waals surface area contributed by atoms with Crippen molar-refractivity contribution in [2.24, 2.45) is 5.41 Å². The lowest BCUT2D eigenvalue weighted by Gasteiger charge is -2.36. The van der Waals surface area contributed by atoms with E-state index < -0.39 is 0 Å². The number of rotatable bonds is 4. The van der Waals surface area contributed by atoms with Gasteiger partial charge in [0.1, 0.15) is 0 Å². The number of likely N-dealkylation sites (tertiary alicyclic amines) is 1. The van der Waals surface area contributed by atoms with Gasteiger partial charge >= 0.3 is 0 Å². The molecule has 4 nitrogen and oxygen atoms in total. The predicted octanol–water partition coefficient (Wildman–Crippen LogP) is 1.16. The number of amides is 2. The van der Waals surface area contributed by atoms with Gasteiger partial charge in [-0.3, -0.25) is 9.59 Å². The van der Waals surface area contributed by atoms with Gasteiger partial charge < -0.3 is 10.2 Å². The molecule has 1 N–H and O–H groups in total. The maximum Gasteiger partial charge on any atom is 0.222 e. The predicted molar refractivity (Wildman–Crippen MR) is 62.9 cm³/mol. The summed E-state index contributed by atoms with van der Waals surface area (Å²) in [6.07, 6.45) is 3.45. The van der Waals surface area contributed by atoms with E-state index in [4.69, 9.17) is 0 Å². The Morgan fingerprint density at radius 2 is 2.12 bits per heavy atom. The lowest BCUT2D eigenvalue weighted by atomic mass is 9.86. The van der Waals surface area contributed by atoms with Crippen LogP contribution in [-0.4, -0.2) is 36.3 Å². The molecule has 0 unspecified atom stereocenters. The van der Waals surface area contributed by atoms with Crippen LogP contribution in [0.15, 0.2) is 0 Å². The number of carbonyl (C=O) groups is 2. The van der Waals surface area contributed by atoms with Crippen LogP contribution in [0.1, 0.15) is 40.0 Å². The first-order valence-electron chi connectivity index (χ1n) is 5.92. The zero-order chi connectivity index (χ0) is 12.2. The Labute approximate surface area is 97.4 Å². The molecule has 92 valence electrons. The second kappa shape index (κ2) is 5.32. The number of piperidine rings is 1. The smallest absolute Gasteiger partial charge is 0.222 e. The molecule has 1 heterocycles. The summed E-state index contributed by atoms with van der Waals surface area (Å²) in [4.78, 5) is 24.1. The molecule has 0 aromatic carbocycles. The Morgan fingerprint density at radius 1 is 1.44 bits per heavy atom. The van der Waals surface area contributed by atoms with Crippen molar-refractivity contribution in [3.63, 3.8) is 0 Å². The summed E-state index contributed by atoms with van der Waals surface area (Å²) in [5.74, 6) is 0.216. The fourth-order valence-electron chi connectivity index (χ4n) is 1.93. The van der Waals surface area contributed by atoms with Gasteiger partial charge in [-0.1, -0.05) is 20.8 Å². The second-order valence-corrected chi connectivity index (χ2v) is 5.50. The van der Waals surface area contributed by atoms with Gasteiger partial charge in [-0.15, -0.1) is 0 Å². The van der Waals surface area contributed by atoms with Crippen LogP contribution in [0.5, 0.6) is 0 Å². The van der Waals surface area contributed by atoms with Gasteiger partial charge in [0, 0.05) is 19.5 Å². The second-order valence-electron chi connectivity index (χ2n) is 5.50. The first kappa shape index (κ1) is 13.0. The molecule has 0 aromatic heterocycles. The zero-order valence-corrected chi connectivity index (χ0v) is 10.5. The van der Waals surface area contributed by atoms with E-state index in [1.165, 1.54) is 0 Å². The molecule has 1 saturated heterocycles. The standard InChI is InChI=1S/C12H22N2O2/c1-12(2,3)10(13-9-15)8-14-7-5-4-6-11(14)16/h9-10H,4-8H2,1-3H3,(H,13,15)/t10-/m1/s1. The van der Waals surface area contributed by atoms with E-state index in [1.54, 1.807) is 0 Å². The number of hydrogen-bond donors (Lipinski definition) is 1. The third-order valence-electron chi connectivity index (χ3n) is 3.14. The third-order valence-corrected chi connectivity index (χ3v) is 3.14. The van der Waals surface area contributed by atoms with Crippen LogP contribution >= 0.6 is 0 Å². The quantitative estimate of drug-likeness (QED) is 0.731. The lowest BCUT2D eigenvalue weighted by Crippen LogP contribution is -2.50. The van der Waals surface area contributed by atoms with Gasteiger partial charge in [0.15, 0.2) is 0 Å². The van der Waals surface area contributed by atoms with Crippen LogP contribution in [0.2, 0.25) is 0 Å². The SMILES string of the molecule is CC(C)(C)[C@@H](CN1CCCCC1=O)NC=O. The molecule has 0 bridgehead atoms. The molecule has 4 heteroatoms. The summed E-state index contributed by atoms with van der Waals surface area (Å²) in [6.45, 7) is 7.67. The van der Waals surface area contributed by atoms with Gasteiger partial charge in [0.25, 0.3) is 0 Å². The first-order valence-corrected chi connectivity index (χ1v) is 5.92. The van der Waals surface area contributed by atoms with Crippen molar-refractivity contribution in [2.75, 3.05) is 13.1 Å². The summed E-state index contributed by atoms with van der Waals surface area (Å²) in [7, 11) is 0. The number of nitrogens with one attached hydrogen (secondary N) is 1. The highest BCUT2D eigenvalue weighted by Crippen LogP contribution is 2.21. The summed E-state index contributed by atoms with van der Waals surface area (Å²) < 4.78 is 0. The number of carbonyl (C=O) groups excluding carboxylic acids is 2. The van der Waals surface area contributed by atoms with E-state index in [-0.39, 0.29) is 17.4 Å². The van der Waals surface area contributed by atoms with Crippen LogP contribution in [0.25, 0.3) is 0 Å². The minimum Gasteiger partial charge on any atom is -0.354 e. The third kappa shape index (κ3) is 3.51. The Balaban J connectivity index is 2.59. The highest BCUT2D eigenvalue weighted by Gasteiger charge is 2.28. The molecular weight excluding hydrogens is 204 g/mol. The molecule has 1 fully saturated rings. The van der Waals surface area contributed by atoms with Crippen LogP contribution < -0.4 is 5.32 Å². The van der Waals surface area contributed by atoms with Gasteiger partial charge in [0.2, 0.25) is 12.3 Å². The van der Waals surface area contributed by atoms with Crippen LogP contribution in [0.4, 0.5) is 0 Å². The van der Waals surface area contributed by atoms with E-state index in [0.29, 0.717) is 13.0 Å². The molecular formula is C12H22N2O2.